The smallest absolute Gasteiger partial charge is 0.237 e. The zero-order valence-corrected chi connectivity index (χ0v) is 13.7. The van der Waals surface area contributed by atoms with Crippen molar-refractivity contribution in [3.63, 3.8) is 0 Å². The molecule has 1 aliphatic heterocycles. The van der Waals surface area contributed by atoms with Crippen molar-refractivity contribution in [1.82, 2.24) is 10.6 Å². The van der Waals surface area contributed by atoms with Crippen LogP contribution in [0.25, 0.3) is 0 Å². The number of β-amino-alcohol motifs (C(OH)–C–C–N with tert-alkyl or cyclic N) is 1. The molecule has 2 rings (SSSR count). The minimum atomic E-state index is -0.420. The van der Waals surface area contributed by atoms with Crippen LogP contribution in [0.5, 0.6) is 5.75 Å². The number of unbranched alkanes of at least 4 members (excludes halogenated alkanes) is 1. The van der Waals surface area contributed by atoms with Crippen LogP contribution in [0, 0.1) is 0 Å². The van der Waals surface area contributed by atoms with Gasteiger partial charge in [0.2, 0.25) is 5.91 Å². The molecule has 0 radical (unpaired) electrons. The van der Waals surface area contributed by atoms with E-state index < -0.39 is 6.10 Å². The first kappa shape index (κ1) is 18.7. The third kappa shape index (κ3) is 5.83. The molecule has 6 heteroatoms. The predicted octanol–water partition coefficient (Wildman–Crippen LogP) is 1.63. The number of benzene rings is 1. The largest absolute Gasteiger partial charge is 0.494 e. The van der Waals surface area contributed by atoms with Gasteiger partial charge in [0.1, 0.15) is 5.75 Å². The molecule has 2 unspecified atom stereocenters. The average molecular weight is 329 g/mol. The van der Waals surface area contributed by atoms with Crippen LogP contribution in [0.3, 0.4) is 0 Å². The molecular formula is C16H25ClN2O3. The summed E-state index contributed by atoms with van der Waals surface area (Å²) in [5.74, 6) is 0.772. The van der Waals surface area contributed by atoms with E-state index in [9.17, 15) is 9.90 Å². The molecule has 124 valence electrons. The highest BCUT2D eigenvalue weighted by Crippen LogP contribution is 2.14. The SMILES string of the molecule is CCCCOc1cccc(CNC(=O)C2CC(O)CN2)c1.Cl. The van der Waals surface area contributed by atoms with E-state index in [0.29, 0.717) is 19.5 Å². The van der Waals surface area contributed by atoms with E-state index in [2.05, 4.69) is 17.6 Å². The second kappa shape index (κ2) is 9.66. The van der Waals surface area contributed by atoms with Gasteiger partial charge >= 0.3 is 0 Å². The maximum Gasteiger partial charge on any atom is 0.237 e. The van der Waals surface area contributed by atoms with Crippen LogP contribution in [0.4, 0.5) is 0 Å². The minimum absolute atomic E-state index is 0. The van der Waals surface area contributed by atoms with Gasteiger partial charge in [-0.3, -0.25) is 4.79 Å². The summed E-state index contributed by atoms with van der Waals surface area (Å²) < 4.78 is 5.65. The number of halogens is 1. The Balaban J connectivity index is 0.00000242. The fourth-order valence-electron chi connectivity index (χ4n) is 2.31. The predicted molar refractivity (Wildman–Crippen MR) is 88.4 cm³/mol. The monoisotopic (exact) mass is 328 g/mol. The molecule has 1 saturated heterocycles. The first-order valence-electron chi connectivity index (χ1n) is 7.60. The van der Waals surface area contributed by atoms with Gasteiger partial charge in [0.25, 0.3) is 0 Å². The quantitative estimate of drug-likeness (QED) is 0.665. The second-order valence-electron chi connectivity index (χ2n) is 5.42. The van der Waals surface area contributed by atoms with Crippen molar-refractivity contribution < 1.29 is 14.6 Å². The Morgan fingerprint density at radius 2 is 2.32 bits per heavy atom. The number of aliphatic hydroxyl groups excluding tert-OH is 1. The van der Waals surface area contributed by atoms with Crippen LogP contribution >= 0.6 is 12.4 Å². The van der Waals surface area contributed by atoms with Crippen LogP contribution < -0.4 is 15.4 Å². The van der Waals surface area contributed by atoms with Crippen molar-refractivity contribution in [1.29, 1.82) is 0 Å². The Kier molecular flexibility index (Phi) is 8.24. The van der Waals surface area contributed by atoms with Crippen molar-refractivity contribution in [3.8, 4) is 5.75 Å². The number of amides is 1. The standard InChI is InChI=1S/C16H24N2O3.ClH/c1-2-3-7-21-14-6-4-5-12(8-14)10-18-16(20)15-9-13(19)11-17-15;/h4-6,8,13,15,17,19H,2-3,7,9-11H2,1H3,(H,18,20);1H. The Morgan fingerprint density at radius 3 is 3.00 bits per heavy atom. The number of ether oxygens (including phenoxy) is 1. The number of hydrogen-bond donors (Lipinski definition) is 3. The summed E-state index contributed by atoms with van der Waals surface area (Å²) in [7, 11) is 0. The maximum absolute atomic E-state index is 11.9. The summed E-state index contributed by atoms with van der Waals surface area (Å²) in [6.07, 6.45) is 2.20. The normalized spacial score (nSPS) is 20.3. The highest BCUT2D eigenvalue weighted by molar-refractivity contribution is 5.85. The lowest BCUT2D eigenvalue weighted by Crippen LogP contribution is -2.39. The number of carbonyl (C=O) groups excluding carboxylic acids is 1. The van der Waals surface area contributed by atoms with Gasteiger partial charge in [0.05, 0.1) is 18.8 Å². The third-order valence-electron chi connectivity index (χ3n) is 3.56. The lowest BCUT2D eigenvalue weighted by Gasteiger charge is -2.12. The number of carbonyl (C=O) groups is 1. The summed E-state index contributed by atoms with van der Waals surface area (Å²) in [4.78, 5) is 11.9. The van der Waals surface area contributed by atoms with E-state index >= 15 is 0 Å². The van der Waals surface area contributed by atoms with Crippen LogP contribution in [0.2, 0.25) is 0 Å². The third-order valence-corrected chi connectivity index (χ3v) is 3.56. The van der Waals surface area contributed by atoms with E-state index in [1.165, 1.54) is 0 Å². The van der Waals surface area contributed by atoms with Gasteiger partial charge in [-0.1, -0.05) is 25.5 Å². The van der Waals surface area contributed by atoms with E-state index in [1.807, 2.05) is 24.3 Å². The number of nitrogens with one attached hydrogen (secondary N) is 2. The van der Waals surface area contributed by atoms with Gasteiger partial charge in [-0.25, -0.2) is 0 Å². The zero-order chi connectivity index (χ0) is 15.1. The van der Waals surface area contributed by atoms with E-state index in [4.69, 9.17) is 4.74 Å². The van der Waals surface area contributed by atoms with Crippen molar-refractivity contribution in [2.45, 2.75) is 44.9 Å². The van der Waals surface area contributed by atoms with E-state index in [1.54, 1.807) is 0 Å². The highest BCUT2D eigenvalue weighted by Gasteiger charge is 2.27. The number of hydrogen-bond acceptors (Lipinski definition) is 4. The summed E-state index contributed by atoms with van der Waals surface area (Å²) in [6.45, 7) is 3.80. The zero-order valence-electron chi connectivity index (χ0n) is 12.9. The van der Waals surface area contributed by atoms with Crippen molar-refractivity contribution in [2.75, 3.05) is 13.2 Å². The topological polar surface area (TPSA) is 70.6 Å². The van der Waals surface area contributed by atoms with Gasteiger partial charge in [-0.05, 0) is 30.5 Å². The number of aliphatic hydroxyl groups is 1. The molecule has 0 spiro atoms. The summed E-state index contributed by atoms with van der Waals surface area (Å²) in [6, 6.07) is 7.48. The van der Waals surface area contributed by atoms with Crippen LogP contribution in [0.1, 0.15) is 31.7 Å². The van der Waals surface area contributed by atoms with Gasteiger partial charge in [0, 0.05) is 13.1 Å². The molecule has 1 heterocycles. The first-order chi connectivity index (χ1) is 10.2. The molecule has 0 aromatic heterocycles. The molecule has 1 amide bonds. The Morgan fingerprint density at radius 1 is 1.50 bits per heavy atom. The Labute approximate surface area is 137 Å². The molecule has 1 aromatic carbocycles. The lowest BCUT2D eigenvalue weighted by molar-refractivity contribution is -0.123. The molecule has 1 aliphatic rings. The molecule has 1 fully saturated rings. The van der Waals surface area contributed by atoms with Gasteiger partial charge in [0.15, 0.2) is 0 Å². The summed E-state index contributed by atoms with van der Waals surface area (Å²) in [5, 5.41) is 15.3. The molecule has 1 aromatic rings. The molecule has 0 bridgehead atoms. The molecule has 3 N–H and O–H groups in total. The summed E-state index contributed by atoms with van der Waals surface area (Å²) in [5.41, 5.74) is 1.01. The average Bonchev–Trinajstić information content (AvgIpc) is 2.92. The molecule has 22 heavy (non-hydrogen) atoms. The summed E-state index contributed by atoms with van der Waals surface area (Å²) >= 11 is 0. The molecule has 5 nitrogen and oxygen atoms in total. The van der Waals surface area contributed by atoms with Crippen LogP contribution in [-0.4, -0.2) is 36.3 Å². The van der Waals surface area contributed by atoms with E-state index in [-0.39, 0.29) is 24.4 Å². The second-order valence-corrected chi connectivity index (χ2v) is 5.42. The molecule has 0 aliphatic carbocycles. The highest BCUT2D eigenvalue weighted by atomic mass is 35.5. The van der Waals surface area contributed by atoms with Crippen LogP contribution in [-0.2, 0) is 11.3 Å². The Hall–Kier alpha value is -1.30. The van der Waals surface area contributed by atoms with E-state index in [0.717, 1.165) is 30.8 Å². The van der Waals surface area contributed by atoms with Gasteiger partial charge < -0.3 is 20.5 Å². The first-order valence-corrected chi connectivity index (χ1v) is 7.60. The molecular weight excluding hydrogens is 304 g/mol. The van der Waals surface area contributed by atoms with Gasteiger partial charge in [-0.15, -0.1) is 12.4 Å². The van der Waals surface area contributed by atoms with Crippen molar-refractivity contribution in [3.05, 3.63) is 29.8 Å². The molecule has 2 atom stereocenters. The van der Waals surface area contributed by atoms with Gasteiger partial charge in [-0.2, -0.15) is 0 Å². The minimum Gasteiger partial charge on any atom is -0.494 e. The lowest BCUT2D eigenvalue weighted by atomic mass is 10.1. The van der Waals surface area contributed by atoms with Crippen molar-refractivity contribution in [2.24, 2.45) is 0 Å². The molecule has 0 saturated carbocycles. The fraction of sp³-hybridized carbons (Fsp3) is 0.562. The number of rotatable bonds is 7. The van der Waals surface area contributed by atoms with Crippen LogP contribution in [0.15, 0.2) is 24.3 Å². The fourth-order valence-corrected chi connectivity index (χ4v) is 2.31. The Bertz CT molecular complexity index is 470. The maximum atomic E-state index is 11.9. The van der Waals surface area contributed by atoms with Crippen molar-refractivity contribution >= 4 is 18.3 Å².